The van der Waals surface area contributed by atoms with E-state index in [0.717, 1.165) is 44.8 Å². The van der Waals surface area contributed by atoms with Gasteiger partial charge in [0.2, 0.25) is 0 Å². The van der Waals surface area contributed by atoms with Crippen molar-refractivity contribution in [2.24, 2.45) is 0 Å². The van der Waals surface area contributed by atoms with E-state index in [0.29, 0.717) is 17.1 Å². The quantitative estimate of drug-likeness (QED) is 0.706. The second-order valence-electron chi connectivity index (χ2n) is 6.91. The summed E-state index contributed by atoms with van der Waals surface area (Å²) in [6.45, 7) is 3.31. The van der Waals surface area contributed by atoms with Gasteiger partial charge in [-0.1, -0.05) is 0 Å². The molecule has 1 fully saturated rings. The van der Waals surface area contributed by atoms with Crippen LogP contribution < -0.4 is 9.80 Å². The molecule has 0 radical (unpaired) electrons. The molecule has 0 atom stereocenters. The predicted molar refractivity (Wildman–Crippen MR) is 97.1 cm³/mol. The molecule has 134 valence electrons. The van der Waals surface area contributed by atoms with Gasteiger partial charge < -0.3 is 14.2 Å². The maximum Gasteiger partial charge on any atom is 0.298 e. The van der Waals surface area contributed by atoms with Crippen LogP contribution in [0.3, 0.4) is 0 Å². The molecule has 1 aromatic carbocycles. The fourth-order valence-corrected chi connectivity index (χ4v) is 3.91. The summed E-state index contributed by atoms with van der Waals surface area (Å²) in [5.41, 5.74) is 3.72. The first-order valence-corrected chi connectivity index (χ1v) is 9.17. The number of nitrogens with zero attached hydrogens (tertiary/aromatic N) is 5. The third-order valence-corrected chi connectivity index (χ3v) is 5.29. The summed E-state index contributed by atoms with van der Waals surface area (Å²) in [6.07, 6.45) is 6.26. The molecular weight excluding hydrogens is 333 g/mol. The van der Waals surface area contributed by atoms with E-state index in [9.17, 15) is 4.39 Å². The number of anilines is 2. The van der Waals surface area contributed by atoms with E-state index in [1.54, 1.807) is 12.4 Å². The lowest BCUT2D eigenvalue weighted by atomic mass is 9.96. The molecule has 26 heavy (non-hydrogen) atoms. The highest BCUT2D eigenvalue weighted by atomic mass is 19.1. The van der Waals surface area contributed by atoms with Gasteiger partial charge in [-0.15, -0.1) is 0 Å². The predicted octanol–water partition coefficient (Wildman–Crippen LogP) is 2.96. The van der Waals surface area contributed by atoms with Gasteiger partial charge in [0.25, 0.3) is 6.01 Å². The molecule has 1 aliphatic carbocycles. The second kappa shape index (κ2) is 6.23. The van der Waals surface area contributed by atoms with Gasteiger partial charge >= 0.3 is 0 Å². The maximum absolute atomic E-state index is 13.3. The lowest BCUT2D eigenvalue weighted by Crippen LogP contribution is -2.47. The number of benzene rings is 1. The number of hydrogen-bond acceptors (Lipinski definition) is 6. The Morgan fingerprint density at radius 2 is 1.77 bits per heavy atom. The van der Waals surface area contributed by atoms with Crippen LogP contribution >= 0.6 is 0 Å². The van der Waals surface area contributed by atoms with Gasteiger partial charge in [-0.2, -0.15) is 4.98 Å². The van der Waals surface area contributed by atoms with Gasteiger partial charge in [0.15, 0.2) is 5.58 Å². The van der Waals surface area contributed by atoms with Crippen molar-refractivity contribution in [1.29, 1.82) is 0 Å². The first-order chi connectivity index (χ1) is 12.8. The van der Waals surface area contributed by atoms with Crippen LogP contribution in [0.2, 0.25) is 0 Å². The Labute approximate surface area is 150 Å². The summed E-state index contributed by atoms with van der Waals surface area (Å²) < 4.78 is 19.1. The van der Waals surface area contributed by atoms with Crippen LogP contribution in [0, 0.1) is 5.82 Å². The smallest absolute Gasteiger partial charge is 0.298 e. The van der Waals surface area contributed by atoms with Crippen molar-refractivity contribution in [3.8, 4) is 0 Å². The van der Waals surface area contributed by atoms with E-state index in [-0.39, 0.29) is 5.82 Å². The summed E-state index contributed by atoms with van der Waals surface area (Å²) in [6, 6.07) is 5.01. The Morgan fingerprint density at radius 1 is 0.962 bits per heavy atom. The van der Waals surface area contributed by atoms with Crippen LogP contribution in [0.4, 0.5) is 16.2 Å². The Bertz CT molecular complexity index is 948. The normalized spacial score (nSPS) is 17.6. The number of rotatable bonds is 2. The Balaban J connectivity index is 1.34. The lowest BCUT2D eigenvalue weighted by molar-refractivity contribution is 0.536. The third kappa shape index (κ3) is 2.67. The van der Waals surface area contributed by atoms with Gasteiger partial charge in [-0.05, 0) is 37.8 Å². The standard InChI is InChI=1S/C19H20FN5O/c20-13-5-6-16-17(11-13)26-19(23-16)25-9-7-24(8-10-25)18-14-3-1-2-4-15(14)21-12-22-18/h5-6,11-12H,1-4,7-10H2. The number of oxazole rings is 1. The van der Waals surface area contributed by atoms with Crippen molar-refractivity contribution in [3.05, 3.63) is 41.6 Å². The van der Waals surface area contributed by atoms with Gasteiger partial charge in [0, 0.05) is 43.5 Å². The molecule has 0 saturated carbocycles. The van der Waals surface area contributed by atoms with Crippen molar-refractivity contribution in [2.75, 3.05) is 36.0 Å². The topological polar surface area (TPSA) is 58.3 Å². The van der Waals surface area contributed by atoms with Gasteiger partial charge in [-0.25, -0.2) is 14.4 Å². The van der Waals surface area contributed by atoms with Crippen molar-refractivity contribution >= 4 is 22.9 Å². The molecule has 6 nitrogen and oxygen atoms in total. The van der Waals surface area contributed by atoms with Crippen LogP contribution in [0.1, 0.15) is 24.1 Å². The van der Waals surface area contributed by atoms with Crippen LogP contribution in [0.15, 0.2) is 28.9 Å². The Hall–Kier alpha value is -2.70. The highest BCUT2D eigenvalue weighted by Gasteiger charge is 2.25. The molecule has 1 saturated heterocycles. The molecule has 2 aromatic heterocycles. The number of fused-ring (bicyclic) bond motifs is 2. The van der Waals surface area contributed by atoms with Crippen LogP contribution in [0.25, 0.3) is 11.1 Å². The van der Waals surface area contributed by atoms with Crippen molar-refractivity contribution in [3.63, 3.8) is 0 Å². The molecule has 0 spiro atoms. The highest BCUT2D eigenvalue weighted by Crippen LogP contribution is 2.29. The Kier molecular flexibility index (Phi) is 3.72. The van der Waals surface area contributed by atoms with E-state index in [1.165, 1.54) is 36.2 Å². The highest BCUT2D eigenvalue weighted by molar-refractivity contribution is 5.74. The number of piperazine rings is 1. The lowest BCUT2D eigenvalue weighted by Gasteiger charge is -2.36. The number of aryl methyl sites for hydroxylation is 1. The average molecular weight is 353 g/mol. The number of aromatic nitrogens is 3. The van der Waals surface area contributed by atoms with E-state index in [2.05, 4.69) is 24.8 Å². The second-order valence-corrected chi connectivity index (χ2v) is 6.91. The SMILES string of the molecule is Fc1ccc2nc(N3CCN(c4ncnc5c4CCCC5)CC3)oc2c1. The van der Waals surface area contributed by atoms with Crippen LogP contribution in [-0.4, -0.2) is 41.1 Å². The minimum absolute atomic E-state index is 0.307. The summed E-state index contributed by atoms with van der Waals surface area (Å²) >= 11 is 0. The van der Waals surface area contributed by atoms with Crippen molar-refractivity contribution < 1.29 is 8.81 Å². The van der Waals surface area contributed by atoms with E-state index in [4.69, 9.17) is 4.42 Å². The number of hydrogen-bond donors (Lipinski definition) is 0. The van der Waals surface area contributed by atoms with E-state index < -0.39 is 0 Å². The zero-order valence-electron chi connectivity index (χ0n) is 14.5. The maximum atomic E-state index is 13.3. The molecule has 0 amide bonds. The van der Waals surface area contributed by atoms with E-state index in [1.807, 2.05) is 0 Å². The molecule has 0 unspecified atom stereocenters. The molecule has 3 heterocycles. The molecular formula is C19H20FN5O. The monoisotopic (exact) mass is 353 g/mol. The Morgan fingerprint density at radius 3 is 2.65 bits per heavy atom. The van der Waals surface area contributed by atoms with Crippen molar-refractivity contribution in [1.82, 2.24) is 15.0 Å². The molecule has 7 heteroatoms. The van der Waals surface area contributed by atoms with Gasteiger partial charge in [0.1, 0.15) is 23.5 Å². The van der Waals surface area contributed by atoms with Gasteiger partial charge in [-0.3, -0.25) is 0 Å². The third-order valence-electron chi connectivity index (χ3n) is 5.29. The molecule has 5 rings (SSSR count). The number of halogens is 1. The molecule has 0 bridgehead atoms. The summed E-state index contributed by atoms with van der Waals surface area (Å²) in [5.74, 6) is 0.785. The van der Waals surface area contributed by atoms with Crippen LogP contribution in [-0.2, 0) is 12.8 Å². The van der Waals surface area contributed by atoms with Crippen LogP contribution in [0.5, 0.6) is 0 Å². The van der Waals surface area contributed by atoms with E-state index >= 15 is 0 Å². The fraction of sp³-hybridized carbons (Fsp3) is 0.421. The summed E-state index contributed by atoms with van der Waals surface area (Å²) in [4.78, 5) is 18.0. The minimum Gasteiger partial charge on any atom is -0.423 e. The molecule has 2 aliphatic rings. The average Bonchev–Trinajstić information content (AvgIpc) is 3.11. The first kappa shape index (κ1) is 15.5. The molecule has 0 N–H and O–H groups in total. The molecule has 1 aliphatic heterocycles. The summed E-state index contributed by atoms with van der Waals surface area (Å²) in [7, 11) is 0. The summed E-state index contributed by atoms with van der Waals surface area (Å²) in [5, 5.41) is 0. The van der Waals surface area contributed by atoms with Crippen molar-refractivity contribution in [2.45, 2.75) is 25.7 Å². The zero-order valence-corrected chi connectivity index (χ0v) is 14.5. The largest absolute Gasteiger partial charge is 0.423 e. The zero-order chi connectivity index (χ0) is 17.5. The minimum atomic E-state index is -0.307. The fourth-order valence-electron chi connectivity index (χ4n) is 3.91. The molecule has 3 aromatic rings. The first-order valence-electron chi connectivity index (χ1n) is 9.17. The van der Waals surface area contributed by atoms with Gasteiger partial charge in [0.05, 0.1) is 0 Å².